The minimum absolute atomic E-state index is 0.0904. The molecule has 1 aliphatic rings. The van der Waals surface area contributed by atoms with Gasteiger partial charge in [0.2, 0.25) is 5.91 Å². The Balaban J connectivity index is 2.20. The SMILES string of the molecule is CCc1cccnc1CN1C(=O)CNC1=O. The molecule has 1 aromatic rings. The number of aromatic nitrogens is 1. The van der Waals surface area contributed by atoms with Crippen LogP contribution in [0.15, 0.2) is 18.3 Å². The molecule has 1 saturated heterocycles. The van der Waals surface area contributed by atoms with Crippen LogP contribution in [0.3, 0.4) is 0 Å². The van der Waals surface area contributed by atoms with Gasteiger partial charge in [0.25, 0.3) is 0 Å². The van der Waals surface area contributed by atoms with Crippen LogP contribution >= 0.6 is 0 Å². The lowest BCUT2D eigenvalue weighted by atomic mass is 10.1. The van der Waals surface area contributed by atoms with Crippen molar-refractivity contribution >= 4 is 11.9 Å². The molecule has 2 heterocycles. The molecule has 1 fully saturated rings. The van der Waals surface area contributed by atoms with Crippen LogP contribution in [0, 0.1) is 0 Å². The van der Waals surface area contributed by atoms with Gasteiger partial charge in [-0.3, -0.25) is 14.7 Å². The molecule has 0 atom stereocenters. The highest BCUT2D eigenvalue weighted by atomic mass is 16.2. The first kappa shape index (κ1) is 10.6. The Morgan fingerprint density at radius 2 is 2.31 bits per heavy atom. The van der Waals surface area contributed by atoms with Crippen molar-refractivity contribution in [2.75, 3.05) is 6.54 Å². The van der Waals surface area contributed by atoms with Gasteiger partial charge in [-0.05, 0) is 18.1 Å². The summed E-state index contributed by atoms with van der Waals surface area (Å²) in [6.45, 7) is 2.37. The number of urea groups is 1. The van der Waals surface area contributed by atoms with Gasteiger partial charge in [0.15, 0.2) is 0 Å². The van der Waals surface area contributed by atoms with E-state index < -0.39 is 0 Å². The average molecular weight is 219 g/mol. The molecule has 1 aliphatic heterocycles. The maximum atomic E-state index is 11.4. The summed E-state index contributed by atoms with van der Waals surface area (Å²) in [5.41, 5.74) is 1.85. The fraction of sp³-hybridized carbons (Fsp3) is 0.364. The van der Waals surface area contributed by atoms with Crippen molar-refractivity contribution in [3.8, 4) is 0 Å². The smallest absolute Gasteiger partial charge is 0.324 e. The molecule has 2 rings (SSSR count). The molecule has 0 unspecified atom stereocenters. The largest absolute Gasteiger partial charge is 0.329 e. The van der Waals surface area contributed by atoms with Crippen molar-refractivity contribution in [1.82, 2.24) is 15.2 Å². The average Bonchev–Trinajstić information content (AvgIpc) is 2.61. The van der Waals surface area contributed by atoms with Gasteiger partial charge in [-0.2, -0.15) is 0 Å². The molecule has 1 aromatic heterocycles. The van der Waals surface area contributed by atoms with Crippen molar-refractivity contribution in [3.63, 3.8) is 0 Å². The summed E-state index contributed by atoms with van der Waals surface area (Å²) in [6, 6.07) is 3.48. The second kappa shape index (κ2) is 4.30. The highest BCUT2D eigenvalue weighted by molar-refractivity contribution is 6.01. The van der Waals surface area contributed by atoms with Gasteiger partial charge in [0.05, 0.1) is 18.8 Å². The van der Waals surface area contributed by atoms with E-state index in [1.54, 1.807) is 6.20 Å². The molecule has 0 bridgehead atoms. The van der Waals surface area contributed by atoms with Gasteiger partial charge in [-0.15, -0.1) is 0 Å². The zero-order chi connectivity index (χ0) is 11.5. The first-order valence-electron chi connectivity index (χ1n) is 5.23. The molecule has 0 radical (unpaired) electrons. The van der Waals surface area contributed by atoms with E-state index in [2.05, 4.69) is 10.3 Å². The standard InChI is InChI=1S/C11H13N3O2/c1-2-8-4-3-5-12-9(8)7-14-10(15)6-13-11(14)16/h3-5H,2,6-7H2,1H3,(H,13,16). The molecule has 0 spiro atoms. The molecule has 16 heavy (non-hydrogen) atoms. The van der Waals surface area contributed by atoms with E-state index in [-0.39, 0.29) is 25.0 Å². The quantitative estimate of drug-likeness (QED) is 0.761. The van der Waals surface area contributed by atoms with E-state index in [1.165, 1.54) is 4.90 Å². The predicted octanol–water partition coefficient (Wildman–Crippen LogP) is 0.696. The normalized spacial score (nSPS) is 15.4. The molecular weight excluding hydrogens is 206 g/mol. The maximum Gasteiger partial charge on any atom is 0.324 e. The number of carbonyl (C=O) groups excluding carboxylic acids is 2. The number of carbonyl (C=O) groups is 2. The second-order valence-electron chi connectivity index (χ2n) is 3.60. The number of nitrogens with one attached hydrogen (secondary N) is 1. The summed E-state index contributed by atoms with van der Waals surface area (Å²) in [6.07, 6.45) is 2.51. The monoisotopic (exact) mass is 219 g/mol. The zero-order valence-corrected chi connectivity index (χ0v) is 9.06. The summed E-state index contributed by atoms with van der Waals surface area (Å²) < 4.78 is 0. The number of amides is 3. The van der Waals surface area contributed by atoms with Crippen molar-refractivity contribution < 1.29 is 9.59 Å². The molecule has 0 saturated carbocycles. The first-order chi connectivity index (χ1) is 7.72. The summed E-state index contributed by atoms with van der Waals surface area (Å²) in [4.78, 5) is 28.2. The van der Waals surface area contributed by atoms with E-state index in [0.29, 0.717) is 0 Å². The van der Waals surface area contributed by atoms with E-state index >= 15 is 0 Å². The summed E-state index contributed by atoms with van der Waals surface area (Å²) in [5.74, 6) is -0.197. The van der Waals surface area contributed by atoms with Crippen LogP contribution in [0.4, 0.5) is 4.79 Å². The molecule has 0 aromatic carbocycles. The Kier molecular flexibility index (Phi) is 2.85. The Bertz CT molecular complexity index is 415. The van der Waals surface area contributed by atoms with Crippen molar-refractivity contribution in [2.24, 2.45) is 0 Å². The molecule has 5 nitrogen and oxygen atoms in total. The summed E-state index contributed by atoms with van der Waals surface area (Å²) in [5, 5.41) is 2.49. The lowest BCUT2D eigenvalue weighted by Crippen LogP contribution is -2.31. The Hall–Kier alpha value is -1.91. The number of rotatable bonds is 3. The predicted molar refractivity (Wildman–Crippen MR) is 57.6 cm³/mol. The van der Waals surface area contributed by atoms with Crippen molar-refractivity contribution in [1.29, 1.82) is 0 Å². The lowest BCUT2D eigenvalue weighted by Gasteiger charge is -2.13. The van der Waals surface area contributed by atoms with E-state index in [4.69, 9.17) is 0 Å². The lowest BCUT2D eigenvalue weighted by molar-refractivity contribution is -0.125. The van der Waals surface area contributed by atoms with Gasteiger partial charge >= 0.3 is 6.03 Å². The van der Waals surface area contributed by atoms with E-state index in [0.717, 1.165) is 17.7 Å². The third-order valence-corrected chi connectivity index (χ3v) is 2.61. The van der Waals surface area contributed by atoms with Crippen LogP contribution in [0.25, 0.3) is 0 Å². The van der Waals surface area contributed by atoms with E-state index in [9.17, 15) is 9.59 Å². The van der Waals surface area contributed by atoms with Crippen LogP contribution in [-0.2, 0) is 17.8 Å². The Labute approximate surface area is 93.5 Å². The number of hydrogen-bond donors (Lipinski definition) is 1. The Morgan fingerprint density at radius 3 is 2.94 bits per heavy atom. The van der Waals surface area contributed by atoms with Gasteiger partial charge in [-0.1, -0.05) is 13.0 Å². The van der Waals surface area contributed by atoms with Crippen LogP contribution in [0.5, 0.6) is 0 Å². The van der Waals surface area contributed by atoms with Crippen LogP contribution in [-0.4, -0.2) is 28.4 Å². The number of aryl methyl sites for hydroxylation is 1. The van der Waals surface area contributed by atoms with Gasteiger partial charge < -0.3 is 5.32 Å². The van der Waals surface area contributed by atoms with Crippen LogP contribution in [0.2, 0.25) is 0 Å². The highest BCUT2D eigenvalue weighted by Gasteiger charge is 2.29. The number of hydrogen-bond acceptors (Lipinski definition) is 3. The number of imide groups is 1. The molecule has 84 valence electrons. The zero-order valence-electron chi connectivity index (χ0n) is 9.06. The fourth-order valence-electron chi connectivity index (χ4n) is 1.70. The number of pyridine rings is 1. The number of nitrogens with zero attached hydrogens (tertiary/aromatic N) is 2. The third kappa shape index (κ3) is 1.88. The van der Waals surface area contributed by atoms with Gasteiger partial charge in [-0.25, -0.2) is 4.79 Å². The molecule has 5 heteroatoms. The molecule has 1 N–H and O–H groups in total. The van der Waals surface area contributed by atoms with Crippen molar-refractivity contribution in [3.05, 3.63) is 29.6 Å². The molecule has 3 amide bonds. The van der Waals surface area contributed by atoms with Crippen LogP contribution < -0.4 is 5.32 Å². The van der Waals surface area contributed by atoms with Gasteiger partial charge in [0.1, 0.15) is 0 Å². The Morgan fingerprint density at radius 1 is 1.50 bits per heavy atom. The summed E-state index contributed by atoms with van der Waals surface area (Å²) in [7, 11) is 0. The minimum atomic E-state index is -0.335. The topological polar surface area (TPSA) is 62.3 Å². The fourth-order valence-corrected chi connectivity index (χ4v) is 1.70. The second-order valence-corrected chi connectivity index (χ2v) is 3.60. The molecular formula is C11H13N3O2. The third-order valence-electron chi connectivity index (χ3n) is 2.61. The maximum absolute atomic E-state index is 11.4. The first-order valence-corrected chi connectivity index (χ1v) is 5.23. The minimum Gasteiger partial charge on any atom is -0.329 e. The highest BCUT2D eigenvalue weighted by Crippen LogP contribution is 2.11. The van der Waals surface area contributed by atoms with Crippen molar-refractivity contribution in [2.45, 2.75) is 19.9 Å². The van der Waals surface area contributed by atoms with E-state index in [1.807, 2.05) is 19.1 Å². The molecule has 0 aliphatic carbocycles. The summed E-state index contributed by atoms with van der Waals surface area (Å²) >= 11 is 0. The van der Waals surface area contributed by atoms with Crippen LogP contribution in [0.1, 0.15) is 18.2 Å². The van der Waals surface area contributed by atoms with Gasteiger partial charge in [0, 0.05) is 6.20 Å².